The summed E-state index contributed by atoms with van der Waals surface area (Å²) in [5, 5.41) is 40.5. The maximum absolute atomic E-state index is 11.8. The van der Waals surface area contributed by atoms with Crippen molar-refractivity contribution in [1.29, 1.82) is 5.26 Å². The fourth-order valence-corrected chi connectivity index (χ4v) is 9.71. The second-order valence-corrected chi connectivity index (χ2v) is 27.6. The Morgan fingerprint density at radius 1 is 0.800 bits per heavy atom. The van der Waals surface area contributed by atoms with E-state index < -0.39 is 46.3 Å². The van der Waals surface area contributed by atoms with Gasteiger partial charge in [-0.2, -0.15) is 15.5 Å². The third kappa shape index (κ3) is 7.32. The first kappa shape index (κ1) is 42.7. The van der Waals surface area contributed by atoms with Gasteiger partial charge in [0.25, 0.3) is 0 Å². The molecule has 302 valence electrons. The van der Waals surface area contributed by atoms with Crippen molar-refractivity contribution in [3.8, 4) is 6.07 Å². The van der Waals surface area contributed by atoms with Crippen LogP contribution >= 0.6 is 0 Å². The van der Waals surface area contributed by atoms with E-state index in [0.717, 1.165) is 6.42 Å². The molecule has 0 radical (unpaired) electrons. The van der Waals surface area contributed by atoms with Crippen LogP contribution in [0.2, 0.25) is 36.3 Å². The lowest BCUT2D eigenvalue weighted by atomic mass is 9.88. The Bertz CT molecular complexity index is 2040. The van der Waals surface area contributed by atoms with E-state index in [1.165, 1.54) is 12.7 Å². The van der Waals surface area contributed by atoms with Gasteiger partial charge in [-0.05, 0) is 67.0 Å². The number of aliphatic hydroxyl groups excluding tert-OH is 1. The molecule has 0 bridgehead atoms. The number of nitriles is 1. The molecular weight excluding hydrogens is 735 g/mol. The zero-order valence-corrected chi connectivity index (χ0v) is 36.7. The summed E-state index contributed by atoms with van der Waals surface area (Å²) in [5.41, 5.74) is 12.8. The fraction of sp³-hybridized carbons (Fsp3) is 0.658. The van der Waals surface area contributed by atoms with Crippen LogP contribution in [0.15, 0.2) is 36.9 Å². The Kier molecular flexibility index (Phi) is 11.5. The Balaban J connectivity index is 0.000000211. The summed E-state index contributed by atoms with van der Waals surface area (Å²) < 4.78 is 29.0. The van der Waals surface area contributed by atoms with Crippen LogP contribution in [0.3, 0.4) is 0 Å². The first-order valence-corrected chi connectivity index (χ1v) is 24.9. The number of ether oxygens (including phenoxy) is 2. The molecule has 0 saturated carbocycles. The highest BCUT2D eigenvalue weighted by Gasteiger charge is 2.60. The van der Waals surface area contributed by atoms with Gasteiger partial charge in [-0.15, -0.1) is 0 Å². The van der Waals surface area contributed by atoms with Crippen LogP contribution in [0.4, 0.5) is 11.6 Å². The molecule has 0 spiro atoms. The molecule has 0 aromatic carbocycles. The largest absolute Gasteiger partial charge is 0.409 e. The Labute approximate surface area is 326 Å². The van der Waals surface area contributed by atoms with E-state index in [-0.39, 0.29) is 34.6 Å². The highest BCUT2D eigenvalue weighted by molar-refractivity contribution is 6.74. The van der Waals surface area contributed by atoms with E-state index in [0.29, 0.717) is 34.1 Å². The predicted octanol–water partition coefficient (Wildman–Crippen LogP) is 5.74. The maximum atomic E-state index is 11.8. The van der Waals surface area contributed by atoms with E-state index >= 15 is 0 Å². The second kappa shape index (κ2) is 14.8. The molecule has 2 aliphatic heterocycles. The summed E-state index contributed by atoms with van der Waals surface area (Å²) in [4.78, 5) is 8.04. The molecule has 6 N–H and O–H groups in total. The summed E-state index contributed by atoms with van der Waals surface area (Å²) in [5.74, 6) is -1.05. The standard InChI is InChI=1S/C19H29N5O3Si.C19H32N4O3Si/c1-12-14(9-25)26-19(10-20,16(12)27-28(5,6)18(2,3)4)15-8-7-13-17(21)22-11-23-24(13)15;1-8-14-12(2)16(26-27(6,7)18(3,4)5)19(24,25-14)15-10-9-13-17(20)21-11-22-23(13)15/h7-8,11-12,14,16,25H,9H2,1-6H3,(H2,21,22,23);9-12,14,16,24H,8H2,1-7H3,(H2,20,21,22)/t12-,14-,16-,19+;12-,14-,16-,19?/m11/s1. The minimum absolute atomic E-state index is 0.0196. The summed E-state index contributed by atoms with van der Waals surface area (Å²) >= 11 is 0. The monoisotopic (exact) mass is 795 g/mol. The summed E-state index contributed by atoms with van der Waals surface area (Å²) in [7, 11) is -4.37. The van der Waals surface area contributed by atoms with Gasteiger partial charge >= 0.3 is 0 Å². The van der Waals surface area contributed by atoms with Gasteiger partial charge in [0.05, 0.1) is 30.6 Å². The number of aromatic nitrogens is 6. The van der Waals surface area contributed by atoms with Crippen LogP contribution < -0.4 is 11.5 Å². The number of hydrogen-bond donors (Lipinski definition) is 4. The molecule has 0 aliphatic carbocycles. The number of anilines is 2. The van der Waals surface area contributed by atoms with Crippen LogP contribution in [0.5, 0.6) is 0 Å². The number of rotatable bonds is 8. The average molecular weight is 796 g/mol. The van der Waals surface area contributed by atoms with Gasteiger partial charge in [0.15, 0.2) is 28.3 Å². The smallest absolute Gasteiger partial charge is 0.236 e. The van der Waals surface area contributed by atoms with Crippen molar-refractivity contribution in [2.24, 2.45) is 11.8 Å². The van der Waals surface area contributed by atoms with Crippen molar-refractivity contribution in [2.75, 3.05) is 18.1 Å². The fourth-order valence-electron chi connectivity index (χ4n) is 6.98. The Morgan fingerprint density at radius 2 is 1.25 bits per heavy atom. The van der Waals surface area contributed by atoms with Crippen LogP contribution in [-0.4, -0.2) is 87.1 Å². The van der Waals surface area contributed by atoms with Crippen molar-refractivity contribution < 1.29 is 28.5 Å². The minimum atomic E-state index is -2.23. The molecule has 55 heavy (non-hydrogen) atoms. The van der Waals surface area contributed by atoms with E-state index in [1.54, 1.807) is 33.3 Å². The first-order chi connectivity index (χ1) is 25.4. The van der Waals surface area contributed by atoms with Crippen LogP contribution in [-0.2, 0) is 29.7 Å². The summed E-state index contributed by atoms with van der Waals surface area (Å²) in [6.07, 6.45) is 1.87. The van der Waals surface area contributed by atoms with E-state index in [1.807, 2.05) is 6.92 Å². The van der Waals surface area contributed by atoms with Gasteiger partial charge in [-0.25, -0.2) is 19.0 Å². The molecule has 1 unspecified atom stereocenters. The van der Waals surface area contributed by atoms with Gasteiger partial charge < -0.3 is 40.0 Å². The van der Waals surface area contributed by atoms with Crippen molar-refractivity contribution >= 4 is 39.3 Å². The lowest BCUT2D eigenvalue weighted by molar-refractivity contribution is -0.237. The van der Waals surface area contributed by atoms with Gasteiger partial charge in [0.2, 0.25) is 11.4 Å². The van der Waals surface area contributed by atoms with Gasteiger partial charge in [-0.1, -0.05) is 62.3 Å². The molecular formula is C38H61N9O6Si2. The van der Waals surface area contributed by atoms with Gasteiger partial charge in [0, 0.05) is 11.8 Å². The highest BCUT2D eigenvalue weighted by Crippen LogP contribution is 2.50. The average Bonchev–Trinajstić information content (AvgIpc) is 3.85. The number of hydrogen-bond acceptors (Lipinski definition) is 13. The maximum Gasteiger partial charge on any atom is 0.236 e. The normalized spacial score (nSPS) is 29.1. The third-order valence-corrected chi connectivity index (χ3v) is 21.4. The van der Waals surface area contributed by atoms with Crippen LogP contribution in [0.1, 0.15) is 80.1 Å². The Hall–Kier alpha value is -3.48. The molecule has 6 rings (SSSR count). The topological polar surface area (TPSA) is 214 Å². The second-order valence-electron chi connectivity index (χ2n) is 18.1. The summed E-state index contributed by atoms with van der Waals surface area (Å²) in [6, 6.07) is 9.50. The van der Waals surface area contributed by atoms with Gasteiger partial charge in [0.1, 0.15) is 41.6 Å². The molecule has 2 fully saturated rings. The molecule has 4 aromatic rings. The molecule has 15 nitrogen and oxygen atoms in total. The first-order valence-electron chi connectivity index (χ1n) is 19.0. The Morgan fingerprint density at radius 3 is 1.71 bits per heavy atom. The van der Waals surface area contributed by atoms with Crippen molar-refractivity contribution in [3.63, 3.8) is 0 Å². The van der Waals surface area contributed by atoms with Gasteiger partial charge in [-0.3, -0.25) is 0 Å². The zero-order valence-electron chi connectivity index (χ0n) is 34.7. The van der Waals surface area contributed by atoms with E-state index in [2.05, 4.69) is 108 Å². The minimum Gasteiger partial charge on any atom is -0.409 e. The molecule has 6 heterocycles. The molecule has 17 heteroatoms. The number of fused-ring (bicyclic) bond motifs is 2. The van der Waals surface area contributed by atoms with Crippen molar-refractivity contribution in [1.82, 2.24) is 29.2 Å². The van der Waals surface area contributed by atoms with Crippen molar-refractivity contribution in [2.45, 2.75) is 141 Å². The number of aliphatic hydroxyl groups is 2. The third-order valence-electron chi connectivity index (χ3n) is 12.5. The molecule has 4 aromatic heterocycles. The van der Waals surface area contributed by atoms with E-state index in [9.17, 15) is 15.5 Å². The molecule has 2 aliphatic rings. The molecule has 8 atom stereocenters. The molecule has 0 amide bonds. The number of nitrogens with two attached hydrogens (primary N) is 2. The van der Waals surface area contributed by atoms with Crippen LogP contribution in [0.25, 0.3) is 11.0 Å². The highest BCUT2D eigenvalue weighted by atomic mass is 28.4. The number of nitrogens with zero attached hydrogens (tertiary/aromatic N) is 7. The quantitative estimate of drug-likeness (QED) is 0.157. The van der Waals surface area contributed by atoms with E-state index in [4.69, 9.17) is 29.8 Å². The number of nitrogen functional groups attached to an aromatic ring is 2. The van der Waals surface area contributed by atoms with Crippen LogP contribution in [0, 0.1) is 23.2 Å². The molecule has 2 saturated heterocycles. The lowest BCUT2D eigenvalue weighted by Gasteiger charge is -2.42. The summed E-state index contributed by atoms with van der Waals surface area (Å²) in [6.45, 7) is 27.6. The predicted molar refractivity (Wildman–Crippen MR) is 216 cm³/mol. The van der Waals surface area contributed by atoms with Crippen molar-refractivity contribution in [3.05, 3.63) is 48.3 Å². The SMILES string of the molecule is CC[C@H]1OC(O)(c2ccc3c(N)ncnn23)[C@H](O[Si](C)(C)C(C)(C)C)[C@@H]1C.C[C@H]1[C@@H](O[Si](C)(C)C(C)(C)C)[C@](C#N)(c2ccc3c(N)ncnn23)O[C@@H]1CO. The lowest BCUT2D eigenvalue weighted by Crippen LogP contribution is -2.51. The zero-order chi connectivity index (χ0) is 41.1.